The minimum Gasteiger partial charge on any atom is -0.318 e. The number of amides is 2. The second kappa shape index (κ2) is 9.45. The highest BCUT2D eigenvalue weighted by Gasteiger charge is 2.32. The molecule has 0 aromatic heterocycles. The van der Waals surface area contributed by atoms with Gasteiger partial charge >= 0.3 is 6.03 Å². The summed E-state index contributed by atoms with van der Waals surface area (Å²) in [5, 5.41) is 0.332. The maximum absolute atomic E-state index is 13.5. The van der Waals surface area contributed by atoms with Gasteiger partial charge in [0.25, 0.3) is 10.0 Å². The van der Waals surface area contributed by atoms with Gasteiger partial charge in [-0.3, -0.25) is 9.62 Å². The smallest absolute Gasteiger partial charge is 0.318 e. The van der Waals surface area contributed by atoms with Crippen LogP contribution in [0.25, 0.3) is 0 Å². The van der Waals surface area contributed by atoms with Gasteiger partial charge in [0.2, 0.25) is 0 Å². The van der Waals surface area contributed by atoms with Crippen LogP contribution in [0.2, 0.25) is 5.02 Å². The third kappa shape index (κ3) is 4.99. The molecule has 1 N–H and O–H groups in total. The summed E-state index contributed by atoms with van der Waals surface area (Å²) in [6.45, 7) is 5.03. The van der Waals surface area contributed by atoms with E-state index < -0.39 is 10.0 Å². The number of aryl methyl sites for hydroxylation is 1. The number of sulfonamides is 1. The lowest BCUT2D eigenvalue weighted by Gasteiger charge is -2.39. The summed E-state index contributed by atoms with van der Waals surface area (Å²) in [7, 11) is -3.89. The number of benzene rings is 3. The van der Waals surface area contributed by atoms with Gasteiger partial charge in [0.1, 0.15) is 0 Å². The molecule has 6 nitrogen and oxygen atoms in total. The van der Waals surface area contributed by atoms with Crippen molar-refractivity contribution >= 4 is 39.0 Å². The lowest BCUT2D eigenvalue weighted by molar-refractivity contribution is 0.175. The molecule has 8 heteroatoms. The number of hydrogen-bond acceptors (Lipinski definition) is 3. The van der Waals surface area contributed by atoms with Crippen LogP contribution < -0.4 is 9.62 Å². The van der Waals surface area contributed by atoms with Crippen LogP contribution in [0.1, 0.15) is 30.5 Å². The molecule has 1 unspecified atom stereocenters. The van der Waals surface area contributed by atoms with E-state index in [9.17, 15) is 13.2 Å². The fourth-order valence-electron chi connectivity index (χ4n) is 4.04. The maximum Gasteiger partial charge on any atom is 0.325 e. The molecule has 1 atom stereocenters. The van der Waals surface area contributed by atoms with Crippen molar-refractivity contribution in [2.24, 2.45) is 0 Å². The molecule has 3 aromatic carbocycles. The summed E-state index contributed by atoms with van der Waals surface area (Å²) in [6.07, 6.45) is 0.775. The molecule has 2 amide bonds. The van der Waals surface area contributed by atoms with E-state index in [1.807, 2.05) is 55.1 Å². The van der Waals surface area contributed by atoms with E-state index in [0.29, 0.717) is 29.5 Å². The second-order valence-electron chi connectivity index (χ2n) is 8.15. The molecule has 4 rings (SSSR count). The first-order chi connectivity index (χ1) is 15.8. The molecule has 0 saturated carbocycles. The van der Waals surface area contributed by atoms with E-state index in [2.05, 4.69) is 4.72 Å². The molecule has 1 aliphatic rings. The quantitative estimate of drug-likeness (QED) is 0.478. The molecule has 172 valence electrons. The fourth-order valence-corrected chi connectivity index (χ4v) is 5.41. The molecule has 0 spiro atoms. The Kier molecular flexibility index (Phi) is 6.63. The predicted octanol–water partition coefficient (Wildman–Crippen LogP) is 5.84. The molecule has 0 radical (unpaired) electrons. The van der Waals surface area contributed by atoms with E-state index in [0.717, 1.165) is 17.5 Å². The van der Waals surface area contributed by atoms with Gasteiger partial charge in [-0.15, -0.1) is 0 Å². The lowest BCUT2D eigenvalue weighted by Crippen LogP contribution is -2.50. The van der Waals surface area contributed by atoms with Gasteiger partial charge in [-0.25, -0.2) is 13.2 Å². The predicted molar refractivity (Wildman–Crippen MR) is 132 cm³/mol. The summed E-state index contributed by atoms with van der Waals surface area (Å²) in [5.41, 5.74) is 2.82. The highest BCUT2D eigenvalue weighted by atomic mass is 35.5. The van der Waals surface area contributed by atoms with Crippen molar-refractivity contribution in [1.29, 1.82) is 0 Å². The van der Waals surface area contributed by atoms with E-state index >= 15 is 0 Å². The number of urea groups is 1. The zero-order chi connectivity index (χ0) is 23.6. The Morgan fingerprint density at radius 1 is 0.970 bits per heavy atom. The molecule has 1 aliphatic heterocycles. The number of carbonyl (C=O) groups is 1. The number of nitrogens with one attached hydrogen (secondary N) is 1. The third-order valence-corrected chi connectivity index (χ3v) is 7.40. The first-order valence-corrected chi connectivity index (χ1v) is 12.6. The van der Waals surface area contributed by atoms with E-state index in [-0.39, 0.29) is 17.0 Å². The molecule has 33 heavy (non-hydrogen) atoms. The van der Waals surface area contributed by atoms with Crippen LogP contribution in [0, 0.1) is 6.92 Å². The second-order valence-corrected chi connectivity index (χ2v) is 10.3. The van der Waals surface area contributed by atoms with Crippen LogP contribution in [0.3, 0.4) is 0 Å². The lowest BCUT2D eigenvalue weighted by atomic mass is 10.1. The van der Waals surface area contributed by atoms with Gasteiger partial charge in [-0.1, -0.05) is 54.1 Å². The average molecular weight is 484 g/mol. The molecule has 0 aliphatic carbocycles. The number of rotatable bonds is 6. The zero-order valence-corrected chi connectivity index (χ0v) is 20.1. The molecule has 3 aromatic rings. The zero-order valence-electron chi connectivity index (χ0n) is 18.5. The SMILES string of the molecule is Cc1ccc(N2CCCN(C(C)c3ccccc3)C2=O)c(NS(=O)(=O)c2cccc(Cl)c2)c1. The standard InChI is InChI=1S/C25H26ClN3O3S/c1-18-12-13-24(23(16-18)27-33(31,32)22-11-6-10-21(26)17-22)29-15-7-14-28(25(29)30)19(2)20-8-4-3-5-9-20/h3-6,8-13,16-17,19,27H,7,14-15H2,1-2H3. The topological polar surface area (TPSA) is 69.7 Å². The van der Waals surface area contributed by atoms with Gasteiger partial charge in [0, 0.05) is 18.1 Å². The van der Waals surface area contributed by atoms with Crippen molar-refractivity contribution in [3.63, 3.8) is 0 Å². The Balaban J connectivity index is 1.66. The largest absolute Gasteiger partial charge is 0.325 e. The Morgan fingerprint density at radius 2 is 1.73 bits per heavy atom. The normalized spacial score (nSPS) is 15.4. The van der Waals surface area contributed by atoms with Gasteiger partial charge in [0.15, 0.2) is 0 Å². The van der Waals surface area contributed by atoms with Crippen molar-refractivity contribution < 1.29 is 13.2 Å². The molecule has 1 heterocycles. The van der Waals surface area contributed by atoms with E-state index in [4.69, 9.17) is 11.6 Å². The van der Waals surface area contributed by atoms with Crippen molar-refractivity contribution in [2.75, 3.05) is 22.7 Å². The Morgan fingerprint density at radius 3 is 2.45 bits per heavy atom. The maximum atomic E-state index is 13.5. The molecule has 1 fully saturated rings. The van der Waals surface area contributed by atoms with Crippen LogP contribution in [-0.4, -0.2) is 32.4 Å². The molecule has 1 saturated heterocycles. The Bertz CT molecular complexity index is 1260. The summed E-state index contributed by atoms with van der Waals surface area (Å²) < 4.78 is 28.8. The number of halogens is 1. The van der Waals surface area contributed by atoms with E-state index in [1.165, 1.54) is 12.1 Å². The van der Waals surface area contributed by atoms with Gasteiger partial charge < -0.3 is 4.90 Å². The van der Waals surface area contributed by atoms with Crippen molar-refractivity contribution in [3.05, 3.63) is 88.9 Å². The number of carbonyl (C=O) groups excluding carboxylic acids is 1. The average Bonchev–Trinajstić information content (AvgIpc) is 2.80. The monoisotopic (exact) mass is 483 g/mol. The summed E-state index contributed by atoms with van der Waals surface area (Å²) in [5.74, 6) is 0. The Labute approximate surface area is 199 Å². The van der Waals surface area contributed by atoms with Crippen molar-refractivity contribution in [2.45, 2.75) is 31.2 Å². The minimum atomic E-state index is -3.89. The number of hydrogen-bond donors (Lipinski definition) is 1. The highest BCUT2D eigenvalue weighted by molar-refractivity contribution is 7.92. The molecule has 0 bridgehead atoms. The fraction of sp³-hybridized carbons (Fsp3) is 0.240. The molecular formula is C25H26ClN3O3S. The van der Waals surface area contributed by atoms with Crippen molar-refractivity contribution in [3.8, 4) is 0 Å². The number of anilines is 2. The van der Waals surface area contributed by atoms with Gasteiger partial charge in [-0.2, -0.15) is 0 Å². The van der Waals surface area contributed by atoms with Crippen LogP contribution in [0.5, 0.6) is 0 Å². The van der Waals surface area contributed by atoms with Crippen LogP contribution in [-0.2, 0) is 10.0 Å². The third-order valence-electron chi connectivity index (χ3n) is 5.80. The Hall–Kier alpha value is -3.03. The highest BCUT2D eigenvalue weighted by Crippen LogP contribution is 2.34. The van der Waals surface area contributed by atoms with Crippen LogP contribution in [0.15, 0.2) is 77.7 Å². The van der Waals surface area contributed by atoms with Crippen molar-refractivity contribution in [1.82, 2.24) is 4.90 Å². The van der Waals surface area contributed by atoms with E-state index in [1.54, 1.807) is 29.2 Å². The summed E-state index contributed by atoms with van der Waals surface area (Å²) in [4.78, 5) is 17.1. The minimum absolute atomic E-state index is 0.0618. The number of nitrogens with zero attached hydrogens (tertiary/aromatic N) is 2. The summed E-state index contributed by atoms with van der Waals surface area (Å²) in [6, 6.07) is 21.1. The first-order valence-electron chi connectivity index (χ1n) is 10.8. The van der Waals surface area contributed by atoms with Gasteiger partial charge in [-0.05, 0) is 61.7 Å². The summed E-state index contributed by atoms with van der Waals surface area (Å²) >= 11 is 6.00. The van der Waals surface area contributed by atoms with Crippen LogP contribution in [0.4, 0.5) is 16.2 Å². The van der Waals surface area contributed by atoms with Crippen LogP contribution >= 0.6 is 11.6 Å². The molecular weight excluding hydrogens is 458 g/mol. The first kappa shape index (κ1) is 23.1. The van der Waals surface area contributed by atoms with Gasteiger partial charge in [0.05, 0.1) is 22.3 Å².